The Bertz CT molecular complexity index is 786. The molecule has 1 saturated heterocycles. The normalized spacial score (nSPS) is 14.9. The van der Waals surface area contributed by atoms with Crippen LogP contribution in [0.2, 0.25) is 0 Å². The molecular formula is C18H19N3O5. The molecule has 3 rings (SSSR count). The molecule has 0 aliphatic carbocycles. The molecule has 0 spiro atoms. The molecule has 26 heavy (non-hydrogen) atoms. The van der Waals surface area contributed by atoms with E-state index in [4.69, 9.17) is 14.6 Å². The van der Waals surface area contributed by atoms with Crippen molar-refractivity contribution < 1.29 is 24.6 Å². The van der Waals surface area contributed by atoms with E-state index in [-0.39, 0.29) is 23.6 Å². The molecule has 1 aromatic carbocycles. The maximum atomic E-state index is 11.0. The molecule has 1 aliphatic rings. The van der Waals surface area contributed by atoms with Gasteiger partial charge in [0.25, 0.3) is 0 Å². The number of aromatic nitrogens is 1. The number of benzene rings is 1. The zero-order valence-electron chi connectivity index (χ0n) is 14.0. The molecule has 136 valence electrons. The quantitative estimate of drug-likeness (QED) is 0.462. The Kier molecular flexibility index (Phi) is 5.65. The number of aromatic carboxylic acids is 1. The molecular weight excluding hydrogens is 338 g/mol. The molecule has 2 aromatic rings. The number of morpholine rings is 1. The second-order valence-corrected chi connectivity index (χ2v) is 5.66. The average molecular weight is 357 g/mol. The van der Waals surface area contributed by atoms with Gasteiger partial charge < -0.3 is 24.7 Å². The summed E-state index contributed by atoms with van der Waals surface area (Å²) in [5, 5.41) is 21.4. The Morgan fingerprint density at radius 1 is 1.23 bits per heavy atom. The van der Waals surface area contributed by atoms with Crippen LogP contribution in [0.15, 0.2) is 47.8 Å². The van der Waals surface area contributed by atoms with Crippen LogP contribution in [0, 0.1) is 0 Å². The highest BCUT2D eigenvalue weighted by Crippen LogP contribution is 2.20. The van der Waals surface area contributed by atoms with E-state index in [9.17, 15) is 10.0 Å². The van der Waals surface area contributed by atoms with E-state index in [0.717, 1.165) is 32.0 Å². The Morgan fingerprint density at radius 2 is 1.96 bits per heavy atom. The lowest BCUT2D eigenvalue weighted by Gasteiger charge is -2.28. The van der Waals surface area contributed by atoms with Gasteiger partial charge in [-0.25, -0.2) is 4.79 Å². The van der Waals surface area contributed by atoms with Gasteiger partial charge in [-0.15, -0.1) is 0 Å². The van der Waals surface area contributed by atoms with E-state index in [2.05, 4.69) is 15.0 Å². The molecule has 8 heteroatoms. The van der Waals surface area contributed by atoms with Crippen molar-refractivity contribution in [1.82, 2.24) is 4.98 Å². The average Bonchev–Trinajstić information content (AvgIpc) is 2.70. The van der Waals surface area contributed by atoms with Gasteiger partial charge in [0.15, 0.2) is 0 Å². The van der Waals surface area contributed by atoms with Gasteiger partial charge in [-0.3, -0.25) is 4.98 Å². The maximum Gasteiger partial charge on any atom is 0.335 e. The number of anilines is 1. The molecule has 1 aromatic heterocycles. The molecule has 1 fully saturated rings. The summed E-state index contributed by atoms with van der Waals surface area (Å²) in [6.45, 7) is 3.11. The van der Waals surface area contributed by atoms with Crippen molar-refractivity contribution in [3.05, 3.63) is 53.9 Å². The number of carboxylic acids is 1. The first-order chi connectivity index (χ1) is 12.7. The van der Waals surface area contributed by atoms with Crippen LogP contribution >= 0.6 is 0 Å². The van der Waals surface area contributed by atoms with Gasteiger partial charge in [0.2, 0.25) is 0 Å². The molecule has 0 bridgehead atoms. The largest absolute Gasteiger partial charge is 0.487 e. The number of carbonyl (C=O) groups is 1. The molecule has 0 atom stereocenters. The topological polar surface area (TPSA) is 104 Å². The highest BCUT2D eigenvalue weighted by molar-refractivity contribution is 6.01. The molecule has 2 heterocycles. The summed E-state index contributed by atoms with van der Waals surface area (Å²) < 4.78 is 11.0. The molecule has 8 nitrogen and oxygen atoms in total. The first-order valence-corrected chi connectivity index (χ1v) is 8.13. The van der Waals surface area contributed by atoms with Crippen molar-refractivity contribution in [2.75, 3.05) is 37.8 Å². The number of pyridine rings is 1. The highest BCUT2D eigenvalue weighted by atomic mass is 16.5. The van der Waals surface area contributed by atoms with Crippen molar-refractivity contribution in [3.8, 4) is 5.75 Å². The summed E-state index contributed by atoms with van der Waals surface area (Å²) in [6, 6.07) is 10.3. The van der Waals surface area contributed by atoms with Crippen LogP contribution in [0.4, 0.5) is 5.69 Å². The lowest BCUT2D eigenvalue weighted by Crippen LogP contribution is -2.36. The predicted octanol–water partition coefficient (Wildman–Crippen LogP) is 1.87. The molecule has 0 amide bonds. The van der Waals surface area contributed by atoms with E-state index >= 15 is 0 Å². The minimum atomic E-state index is -1.08. The first kappa shape index (κ1) is 17.7. The van der Waals surface area contributed by atoms with E-state index in [1.165, 1.54) is 18.3 Å². The Morgan fingerprint density at radius 3 is 2.62 bits per heavy atom. The number of rotatable bonds is 6. The van der Waals surface area contributed by atoms with Crippen molar-refractivity contribution in [1.29, 1.82) is 0 Å². The summed E-state index contributed by atoms with van der Waals surface area (Å²) in [5.41, 5.74) is 1.54. The van der Waals surface area contributed by atoms with Crippen LogP contribution in [0.25, 0.3) is 0 Å². The minimum absolute atomic E-state index is 0.0382. The van der Waals surface area contributed by atoms with Gasteiger partial charge in [0.05, 0.1) is 24.5 Å². The van der Waals surface area contributed by atoms with Crippen LogP contribution in [0.3, 0.4) is 0 Å². The number of carboxylic acid groups (broad SMARTS) is 1. The zero-order chi connectivity index (χ0) is 18.4. The minimum Gasteiger partial charge on any atom is -0.487 e. The highest BCUT2D eigenvalue weighted by Gasteiger charge is 2.13. The van der Waals surface area contributed by atoms with E-state index in [0.29, 0.717) is 5.75 Å². The summed E-state index contributed by atoms with van der Waals surface area (Å²) in [7, 11) is 0. The Hall–Kier alpha value is -3.13. The van der Waals surface area contributed by atoms with Gasteiger partial charge in [0, 0.05) is 25.0 Å². The number of hydrogen-bond acceptors (Lipinski definition) is 7. The molecule has 2 N–H and O–H groups in total. The second-order valence-electron chi connectivity index (χ2n) is 5.66. The van der Waals surface area contributed by atoms with Crippen LogP contribution in [-0.4, -0.2) is 59.9 Å². The van der Waals surface area contributed by atoms with E-state index < -0.39 is 5.97 Å². The monoisotopic (exact) mass is 357 g/mol. The fourth-order valence-electron chi connectivity index (χ4n) is 2.60. The summed E-state index contributed by atoms with van der Waals surface area (Å²) in [6.07, 6.45) is 1.35. The lowest BCUT2D eigenvalue weighted by atomic mass is 10.2. The van der Waals surface area contributed by atoms with Gasteiger partial charge >= 0.3 is 5.97 Å². The van der Waals surface area contributed by atoms with Crippen molar-refractivity contribution in [2.45, 2.75) is 0 Å². The fourth-order valence-corrected chi connectivity index (χ4v) is 2.60. The first-order valence-electron chi connectivity index (χ1n) is 8.13. The van der Waals surface area contributed by atoms with Gasteiger partial charge in [0.1, 0.15) is 18.1 Å². The van der Waals surface area contributed by atoms with E-state index in [1.807, 2.05) is 24.3 Å². The number of ether oxygens (including phenoxy) is 2. The van der Waals surface area contributed by atoms with Crippen molar-refractivity contribution >= 4 is 17.4 Å². The standard InChI is InChI=1S/C18H19N3O5/c22-18(23)13-5-6-19-16(11-13)17(20-24)12-26-15-3-1-14(2-4-15)21-7-9-25-10-8-21/h1-6,11,24H,7-10,12H2,(H,22,23)/b20-17+. The van der Waals surface area contributed by atoms with Crippen LogP contribution in [0.5, 0.6) is 5.75 Å². The Balaban J connectivity index is 1.63. The van der Waals surface area contributed by atoms with Crippen molar-refractivity contribution in [3.63, 3.8) is 0 Å². The third-order valence-corrected chi connectivity index (χ3v) is 4.01. The zero-order valence-corrected chi connectivity index (χ0v) is 14.0. The van der Waals surface area contributed by atoms with E-state index in [1.54, 1.807) is 0 Å². The maximum absolute atomic E-state index is 11.0. The third kappa shape index (κ3) is 4.28. The Labute approximate surface area is 150 Å². The fraction of sp³-hybridized carbons (Fsp3) is 0.278. The lowest BCUT2D eigenvalue weighted by molar-refractivity contribution is 0.0696. The van der Waals surface area contributed by atoms with Gasteiger partial charge in [-0.2, -0.15) is 0 Å². The molecule has 0 radical (unpaired) electrons. The molecule has 0 unspecified atom stereocenters. The SMILES string of the molecule is O=C(O)c1ccnc(/C(COc2ccc(N3CCOCC3)cc2)=N/O)c1. The van der Waals surface area contributed by atoms with Crippen LogP contribution in [-0.2, 0) is 4.74 Å². The number of hydrogen-bond donors (Lipinski definition) is 2. The van der Waals surface area contributed by atoms with Gasteiger partial charge in [-0.1, -0.05) is 5.16 Å². The molecule has 1 aliphatic heterocycles. The van der Waals surface area contributed by atoms with Gasteiger partial charge in [-0.05, 0) is 36.4 Å². The number of oxime groups is 1. The number of nitrogens with zero attached hydrogens (tertiary/aromatic N) is 3. The van der Waals surface area contributed by atoms with Crippen LogP contribution < -0.4 is 9.64 Å². The summed E-state index contributed by atoms with van der Waals surface area (Å²) >= 11 is 0. The summed E-state index contributed by atoms with van der Waals surface area (Å²) in [4.78, 5) is 17.3. The van der Waals surface area contributed by atoms with Crippen LogP contribution in [0.1, 0.15) is 16.1 Å². The smallest absolute Gasteiger partial charge is 0.335 e. The summed E-state index contributed by atoms with van der Waals surface area (Å²) in [5.74, 6) is -0.469. The third-order valence-electron chi connectivity index (χ3n) is 4.01. The predicted molar refractivity (Wildman–Crippen MR) is 94.5 cm³/mol. The molecule has 0 saturated carbocycles. The second kappa shape index (κ2) is 8.30. The van der Waals surface area contributed by atoms with Crippen molar-refractivity contribution in [2.24, 2.45) is 5.16 Å².